The third-order valence-corrected chi connectivity index (χ3v) is 5.77. The largest absolute Gasteiger partial charge is 0.356 e. The van der Waals surface area contributed by atoms with Gasteiger partial charge in [-0.1, -0.05) is 12.8 Å². The van der Waals surface area contributed by atoms with Crippen LogP contribution < -0.4 is 10.6 Å². The average Bonchev–Trinajstić information content (AvgIpc) is 3.16. The van der Waals surface area contributed by atoms with Crippen molar-refractivity contribution >= 4 is 17.3 Å². The molecule has 1 fully saturated rings. The molecule has 0 unspecified atom stereocenters. The van der Waals surface area contributed by atoms with Crippen molar-refractivity contribution in [2.45, 2.75) is 52.0 Å². The van der Waals surface area contributed by atoms with Crippen LogP contribution in [0.2, 0.25) is 0 Å². The quantitative estimate of drug-likeness (QED) is 0.592. The summed E-state index contributed by atoms with van der Waals surface area (Å²) in [4.78, 5) is 12.7. The van der Waals surface area contributed by atoms with Crippen LogP contribution in [0, 0.1) is 13.8 Å². The Kier molecular flexibility index (Phi) is 7.30. The Bertz CT molecular complexity index is 486. The van der Waals surface area contributed by atoms with Crippen molar-refractivity contribution in [3.05, 3.63) is 15.6 Å². The number of rotatable bonds is 7. The predicted octanol–water partition coefficient (Wildman–Crippen LogP) is 2.34. The van der Waals surface area contributed by atoms with Crippen LogP contribution in [0.1, 0.15) is 41.3 Å². The Morgan fingerprint density at radius 2 is 1.96 bits per heavy atom. The number of nitrogens with zero attached hydrogens (tertiary/aromatic N) is 3. The van der Waals surface area contributed by atoms with Gasteiger partial charge in [-0.05, 0) is 33.7 Å². The highest BCUT2D eigenvalue weighted by atomic mass is 32.1. The van der Waals surface area contributed by atoms with Crippen LogP contribution in [-0.4, -0.2) is 55.6 Å². The minimum atomic E-state index is 0.781. The molecule has 1 saturated carbocycles. The van der Waals surface area contributed by atoms with Gasteiger partial charge in [0.2, 0.25) is 0 Å². The first kappa shape index (κ1) is 18.2. The van der Waals surface area contributed by atoms with Gasteiger partial charge in [-0.25, -0.2) is 4.98 Å². The summed E-state index contributed by atoms with van der Waals surface area (Å²) in [6.07, 6.45) is 6.44. The fourth-order valence-electron chi connectivity index (χ4n) is 3.03. The van der Waals surface area contributed by atoms with Gasteiger partial charge in [0.25, 0.3) is 0 Å². The van der Waals surface area contributed by atoms with E-state index in [4.69, 9.17) is 0 Å². The molecule has 6 heteroatoms. The van der Waals surface area contributed by atoms with Crippen LogP contribution in [0.4, 0.5) is 0 Å². The lowest BCUT2D eigenvalue weighted by molar-refractivity contribution is 0.249. The maximum Gasteiger partial charge on any atom is 0.191 e. The van der Waals surface area contributed by atoms with E-state index in [0.717, 1.165) is 43.8 Å². The highest BCUT2D eigenvalue weighted by Crippen LogP contribution is 2.21. The van der Waals surface area contributed by atoms with Crippen molar-refractivity contribution in [1.82, 2.24) is 20.5 Å². The van der Waals surface area contributed by atoms with Crippen molar-refractivity contribution in [2.75, 3.05) is 33.7 Å². The Morgan fingerprint density at radius 1 is 1.26 bits per heavy atom. The van der Waals surface area contributed by atoms with Crippen LogP contribution in [0.25, 0.3) is 0 Å². The zero-order valence-corrected chi connectivity index (χ0v) is 15.8. The number of likely N-dealkylation sites (N-methyl/N-ethyl adjacent to an activating group) is 1. The molecule has 2 rings (SSSR count). The molecule has 1 aliphatic carbocycles. The van der Waals surface area contributed by atoms with Gasteiger partial charge >= 0.3 is 0 Å². The molecule has 1 aromatic rings. The van der Waals surface area contributed by atoms with Gasteiger partial charge < -0.3 is 15.5 Å². The van der Waals surface area contributed by atoms with Crippen LogP contribution in [0.5, 0.6) is 0 Å². The molecule has 1 heterocycles. The Hall–Kier alpha value is -1.14. The Labute approximate surface area is 144 Å². The van der Waals surface area contributed by atoms with Gasteiger partial charge in [0.05, 0.1) is 10.7 Å². The first-order valence-electron chi connectivity index (χ1n) is 8.68. The maximum absolute atomic E-state index is 4.57. The van der Waals surface area contributed by atoms with E-state index in [1.165, 1.54) is 35.6 Å². The fourth-order valence-corrected chi connectivity index (χ4v) is 3.97. The van der Waals surface area contributed by atoms with Gasteiger partial charge in [-0.15, -0.1) is 11.3 Å². The number of aliphatic imine (C=N–C) groups is 1. The number of aryl methyl sites for hydroxylation is 2. The van der Waals surface area contributed by atoms with Crippen LogP contribution in [-0.2, 0) is 6.42 Å². The molecule has 0 bridgehead atoms. The molecule has 0 atom stereocenters. The number of hydrogen-bond donors (Lipinski definition) is 2. The number of nitrogens with one attached hydrogen (secondary N) is 2. The Morgan fingerprint density at radius 3 is 2.57 bits per heavy atom. The zero-order valence-electron chi connectivity index (χ0n) is 15.0. The van der Waals surface area contributed by atoms with E-state index < -0.39 is 0 Å². The molecule has 130 valence electrons. The van der Waals surface area contributed by atoms with Gasteiger partial charge in [-0.3, -0.25) is 4.99 Å². The Balaban J connectivity index is 1.63. The van der Waals surface area contributed by atoms with Crippen molar-refractivity contribution in [3.63, 3.8) is 0 Å². The summed E-state index contributed by atoms with van der Waals surface area (Å²) in [5.74, 6) is 0.884. The van der Waals surface area contributed by atoms with Crippen molar-refractivity contribution < 1.29 is 0 Å². The molecule has 0 spiro atoms. The molecule has 1 aromatic heterocycles. The summed E-state index contributed by atoms with van der Waals surface area (Å²) in [5.41, 5.74) is 1.16. The molecule has 2 N–H and O–H groups in total. The highest BCUT2D eigenvalue weighted by Gasteiger charge is 2.18. The first-order valence-corrected chi connectivity index (χ1v) is 9.49. The van der Waals surface area contributed by atoms with Crippen LogP contribution >= 0.6 is 11.3 Å². The fraction of sp³-hybridized carbons (Fsp3) is 0.765. The number of guanidine groups is 1. The second-order valence-electron chi connectivity index (χ2n) is 6.34. The smallest absolute Gasteiger partial charge is 0.191 e. The van der Waals surface area contributed by atoms with E-state index in [0.29, 0.717) is 0 Å². The van der Waals surface area contributed by atoms with Gasteiger partial charge in [0.1, 0.15) is 0 Å². The molecule has 0 saturated heterocycles. The molecular formula is C17H31N5S. The number of thiazole rings is 1. The SMILES string of the molecule is CN=C(NCCc1nc(C)c(C)s1)NCCN(C)C1CCCC1. The average molecular weight is 338 g/mol. The van der Waals surface area contributed by atoms with Gasteiger partial charge in [0, 0.05) is 44.0 Å². The second-order valence-corrected chi connectivity index (χ2v) is 7.63. The van der Waals surface area contributed by atoms with E-state index in [1.807, 2.05) is 7.05 Å². The van der Waals surface area contributed by atoms with E-state index in [2.05, 4.69) is 46.4 Å². The molecule has 0 radical (unpaired) electrons. The van der Waals surface area contributed by atoms with E-state index in [1.54, 1.807) is 11.3 Å². The molecular weight excluding hydrogens is 306 g/mol. The normalized spacial score (nSPS) is 16.3. The monoisotopic (exact) mass is 337 g/mol. The number of aromatic nitrogens is 1. The number of hydrogen-bond acceptors (Lipinski definition) is 4. The summed E-state index contributed by atoms with van der Waals surface area (Å²) >= 11 is 1.79. The maximum atomic E-state index is 4.57. The molecule has 0 amide bonds. The summed E-state index contributed by atoms with van der Waals surface area (Å²) in [6, 6.07) is 0.781. The third-order valence-electron chi connectivity index (χ3n) is 4.63. The lowest BCUT2D eigenvalue weighted by Crippen LogP contribution is -2.43. The van der Waals surface area contributed by atoms with Crippen molar-refractivity contribution in [1.29, 1.82) is 0 Å². The zero-order chi connectivity index (χ0) is 16.7. The minimum Gasteiger partial charge on any atom is -0.356 e. The highest BCUT2D eigenvalue weighted by molar-refractivity contribution is 7.11. The predicted molar refractivity (Wildman–Crippen MR) is 99.5 cm³/mol. The molecule has 1 aliphatic rings. The van der Waals surface area contributed by atoms with Gasteiger partial charge in [0.15, 0.2) is 5.96 Å². The molecule has 0 aromatic carbocycles. The molecule has 5 nitrogen and oxygen atoms in total. The topological polar surface area (TPSA) is 52.6 Å². The van der Waals surface area contributed by atoms with Crippen molar-refractivity contribution in [3.8, 4) is 0 Å². The summed E-state index contributed by atoms with van der Waals surface area (Å²) in [7, 11) is 4.06. The summed E-state index contributed by atoms with van der Waals surface area (Å²) in [5, 5.41) is 7.98. The standard InChI is InChI=1S/C17H31N5S/c1-13-14(2)23-16(21-13)9-10-19-17(18-3)20-11-12-22(4)15-7-5-6-8-15/h15H,5-12H2,1-4H3,(H2,18,19,20). The minimum absolute atomic E-state index is 0.781. The molecule has 0 aliphatic heterocycles. The lowest BCUT2D eigenvalue weighted by atomic mass is 10.2. The van der Waals surface area contributed by atoms with E-state index in [9.17, 15) is 0 Å². The molecule has 23 heavy (non-hydrogen) atoms. The summed E-state index contributed by atoms with van der Waals surface area (Å²) < 4.78 is 0. The van der Waals surface area contributed by atoms with E-state index in [-0.39, 0.29) is 0 Å². The van der Waals surface area contributed by atoms with E-state index >= 15 is 0 Å². The third kappa shape index (κ3) is 5.77. The summed E-state index contributed by atoms with van der Waals surface area (Å²) in [6.45, 7) is 7.07. The second kappa shape index (κ2) is 9.23. The van der Waals surface area contributed by atoms with Crippen molar-refractivity contribution in [2.24, 2.45) is 4.99 Å². The van der Waals surface area contributed by atoms with Gasteiger partial charge in [-0.2, -0.15) is 0 Å². The van der Waals surface area contributed by atoms with Crippen LogP contribution in [0.15, 0.2) is 4.99 Å². The lowest BCUT2D eigenvalue weighted by Gasteiger charge is -2.24. The van der Waals surface area contributed by atoms with Crippen LogP contribution in [0.3, 0.4) is 0 Å². The first-order chi connectivity index (χ1) is 11.1.